The fraction of sp³-hybridized carbons (Fsp3) is 0.759. The van der Waals surface area contributed by atoms with Crippen molar-refractivity contribution >= 4 is 119 Å². The Bertz CT molecular complexity index is 3390. The lowest BCUT2D eigenvalue weighted by Crippen LogP contribution is -2.59. The monoisotopic (exact) mass is 1960 g/mol. The van der Waals surface area contributed by atoms with Gasteiger partial charge < -0.3 is 93.4 Å². The van der Waals surface area contributed by atoms with Crippen LogP contribution >= 0.6 is 0 Å². The van der Waals surface area contributed by atoms with E-state index in [1.54, 1.807) is 55.9 Å². The summed E-state index contributed by atoms with van der Waals surface area (Å²) in [6.45, 7) is -0.628. The number of nitrogens with one attached hydrogen (secondary N) is 7. The number of amides is 7. The van der Waals surface area contributed by atoms with Gasteiger partial charge in [-0.15, -0.1) is 0 Å². The Hall–Kier alpha value is -10.8. The SMILES string of the molecule is CC(=O)CN1CCN(CC(=O)O)CCN(C(C)C(=O)CCC(=O)NCC(CNC(=O)CNC(=O)C(C)N2CCN(CC(=O)O)CCN(CC(=O)O)CCN(CC(=O)O)CC2)(CNC(=O)CNC(=O)C(C)N2CCN(CC(=O)O)CCN(CC(=O)O)CCN(CC(=O)O)CC2)CNC(=O)CNC(=O)C(C)N2CCN(CC(=O)O)CCN(CC(=O)O)CCN(CC(=O)O)CC2)CCN(CC(=O)O)CC1. The van der Waals surface area contributed by atoms with Crippen LogP contribution in [-0.2, 0) is 95.9 Å². The van der Waals surface area contributed by atoms with Crippen molar-refractivity contribution in [2.45, 2.75) is 71.6 Å². The molecule has 4 fully saturated rings. The van der Waals surface area contributed by atoms with E-state index in [1.165, 1.54) is 57.1 Å². The number of carboxylic acids is 11. The fourth-order valence-electron chi connectivity index (χ4n) is 16.0. The summed E-state index contributed by atoms with van der Waals surface area (Å²) in [5.41, 5.74) is -1.85. The van der Waals surface area contributed by atoms with Crippen molar-refractivity contribution in [3.63, 3.8) is 0 Å². The van der Waals surface area contributed by atoms with Crippen molar-refractivity contribution in [3.05, 3.63) is 0 Å². The number of carbonyl (C=O) groups is 20. The minimum absolute atomic E-state index is 0.00552. The van der Waals surface area contributed by atoms with E-state index in [9.17, 15) is 152 Å². The normalized spacial score (nSPS) is 19.6. The molecule has 4 rings (SSSR count). The maximum atomic E-state index is 14.5. The molecule has 4 atom stereocenters. The molecule has 0 aromatic heterocycles. The third-order valence-electron chi connectivity index (χ3n) is 24.2. The molecule has 54 heteroatoms. The van der Waals surface area contributed by atoms with Crippen LogP contribution in [0.25, 0.3) is 0 Å². The van der Waals surface area contributed by atoms with Crippen LogP contribution in [0.4, 0.5) is 0 Å². The zero-order valence-electron chi connectivity index (χ0n) is 79.0. The van der Waals surface area contributed by atoms with E-state index < -0.39 is 273 Å². The van der Waals surface area contributed by atoms with Gasteiger partial charge in [0.05, 0.1) is 122 Å². The highest BCUT2D eigenvalue weighted by Crippen LogP contribution is 2.17. The van der Waals surface area contributed by atoms with Gasteiger partial charge in [-0.3, -0.25) is 174 Å². The summed E-state index contributed by atoms with van der Waals surface area (Å²) in [5.74, 6) is -19.7. The summed E-state index contributed by atoms with van der Waals surface area (Å²) in [5, 5.41) is 127. The molecule has 0 radical (unpaired) electrons. The minimum Gasteiger partial charge on any atom is -0.480 e. The second-order valence-corrected chi connectivity index (χ2v) is 34.9. The highest BCUT2D eigenvalue weighted by Gasteiger charge is 2.37. The van der Waals surface area contributed by atoms with Crippen molar-refractivity contribution < 1.29 is 152 Å². The quantitative estimate of drug-likeness (QED) is 0.0269. The van der Waals surface area contributed by atoms with Crippen LogP contribution in [-0.4, -0.2) is 611 Å². The van der Waals surface area contributed by atoms with Gasteiger partial charge in [-0.2, -0.15) is 0 Å². The number of ketones is 2. The number of Topliss-reactive ketones (excluding diaryl/α,β-unsaturated/α-hetero) is 2. The summed E-state index contributed by atoms with van der Waals surface area (Å²) >= 11 is 0. The van der Waals surface area contributed by atoms with Crippen LogP contribution in [0.3, 0.4) is 0 Å². The maximum Gasteiger partial charge on any atom is 0.317 e. The first-order valence-corrected chi connectivity index (χ1v) is 45.6. The lowest BCUT2D eigenvalue weighted by molar-refractivity contribution is -0.141. The van der Waals surface area contributed by atoms with Crippen molar-refractivity contribution in [3.8, 4) is 0 Å². The largest absolute Gasteiger partial charge is 0.480 e. The average molecular weight is 1960 g/mol. The van der Waals surface area contributed by atoms with E-state index in [0.717, 1.165) is 0 Å². The van der Waals surface area contributed by atoms with E-state index in [1.807, 2.05) is 0 Å². The van der Waals surface area contributed by atoms with Crippen molar-refractivity contribution in [2.24, 2.45) is 5.41 Å². The number of rotatable bonds is 49. The molecule has 776 valence electrons. The molecule has 0 aliphatic carbocycles. The van der Waals surface area contributed by atoms with Gasteiger partial charge in [-0.05, 0) is 34.6 Å². The minimum atomic E-state index is -1.85. The van der Waals surface area contributed by atoms with Gasteiger partial charge in [0.15, 0.2) is 0 Å². The van der Waals surface area contributed by atoms with Gasteiger partial charge in [-0.25, -0.2) is 0 Å². The second kappa shape index (κ2) is 62.9. The van der Waals surface area contributed by atoms with Crippen LogP contribution in [0, 0.1) is 5.41 Å². The molecule has 18 N–H and O–H groups in total. The first-order valence-electron chi connectivity index (χ1n) is 45.6. The molecule has 4 unspecified atom stereocenters. The average Bonchev–Trinajstić information content (AvgIpc) is 0.831. The zero-order valence-corrected chi connectivity index (χ0v) is 79.0. The number of carbonyl (C=O) groups excluding carboxylic acids is 9. The van der Waals surface area contributed by atoms with Crippen LogP contribution in [0.5, 0.6) is 0 Å². The summed E-state index contributed by atoms with van der Waals surface area (Å²) in [7, 11) is 0. The topological polar surface area (TPSA) is 700 Å². The van der Waals surface area contributed by atoms with E-state index in [-0.39, 0.29) is 222 Å². The van der Waals surface area contributed by atoms with Crippen LogP contribution in [0.1, 0.15) is 47.5 Å². The number of nitrogens with zero attached hydrogens (tertiary/aromatic N) is 16. The Morgan fingerprint density at radius 1 is 0.212 bits per heavy atom. The maximum absolute atomic E-state index is 14.5. The van der Waals surface area contributed by atoms with E-state index in [0.29, 0.717) is 0 Å². The van der Waals surface area contributed by atoms with E-state index in [4.69, 9.17) is 0 Å². The van der Waals surface area contributed by atoms with Gasteiger partial charge in [0, 0.05) is 254 Å². The molecule has 0 aromatic rings. The van der Waals surface area contributed by atoms with Crippen molar-refractivity contribution in [1.29, 1.82) is 0 Å². The van der Waals surface area contributed by atoms with Gasteiger partial charge in [-0.1, -0.05) is 0 Å². The van der Waals surface area contributed by atoms with Crippen LogP contribution in [0.2, 0.25) is 0 Å². The predicted octanol–water partition coefficient (Wildman–Crippen LogP) is -11.9. The number of hydrogen-bond acceptors (Lipinski definition) is 36. The molecule has 0 spiro atoms. The van der Waals surface area contributed by atoms with Gasteiger partial charge in [0.1, 0.15) is 11.6 Å². The van der Waals surface area contributed by atoms with Crippen LogP contribution < -0.4 is 37.2 Å². The molecule has 0 bridgehead atoms. The fourth-order valence-corrected chi connectivity index (χ4v) is 16.0. The highest BCUT2D eigenvalue weighted by atomic mass is 16.4. The lowest BCUT2D eigenvalue weighted by atomic mass is 9.86. The van der Waals surface area contributed by atoms with E-state index >= 15 is 0 Å². The van der Waals surface area contributed by atoms with Gasteiger partial charge >= 0.3 is 65.7 Å². The third kappa shape index (κ3) is 50.9. The smallest absolute Gasteiger partial charge is 0.317 e. The Balaban J connectivity index is 1.81. The molecule has 54 nitrogen and oxygen atoms in total. The lowest BCUT2D eigenvalue weighted by Gasteiger charge is -2.36. The molecule has 4 aliphatic heterocycles. The molecule has 4 aliphatic rings. The highest BCUT2D eigenvalue weighted by molar-refractivity contribution is 5.90. The molecule has 0 aromatic carbocycles. The molecular weight excluding hydrogens is 1820 g/mol. The molecule has 4 saturated heterocycles. The predicted molar refractivity (Wildman–Crippen MR) is 484 cm³/mol. The van der Waals surface area contributed by atoms with Crippen molar-refractivity contribution in [1.82, 2.24) is 116 Å². The number of carboxylic acid groups (broad SMARTS) is 11. The molecule has 137 heavy (non-hydrogen) atoms. The summed E-state index contributed by atoms with van der Waals surface area (Å²) < 4.78 is 0. The van der Waals surface area contributed by atoms with Crippen molar-refractivity contribution in [2.75, 3.05) is 334 Å². The third-order valence-corrected chi connectivity index (χ3v) is 24.2. The Morgan fingerprint density at radius 2 is 0.365 bits per heavy atom. The Kier molecular flexibility index (Phi) is 54.4. The first-order chi connectivity index (χ1) is 64.6. The summed E-state index contributed by atoms with van der Waals surface area (Å²) in [6.07, 6.45) is -1.01. The van der Waals surface area contributed by atoms with Crippen LogP contribution in [0.15, 0.2) is 0 Å². The molecular formula is C83H143N23O31. The molecule has 0 saturated carbocycles. The molecule has 4 heterocycles. The standard InChI is InChI=1S/C83H143N23O31/c1-59(107)43-91-8-10-95(47-72(119)120)24-32-103(33-25-96(11-9-91)48-73(121)122)60(2)64(108)6-7-65(109)87-55-83(56-88-66(110)40-84-80(135)61(3)104-34-26-97(49-74(123)124)18-12-92(44-69(113)114)13-19-98(27-35-104)50-75(125)126,57-89-67(111)41-85-81(136)62(4)105-36-28-99(51-76(127)128)20-14-93(45-70(115)116)15-21-100(29-37-105)52-77(129)130)58-90-68(112)42-86-82(137)63(5)106-38-30-101(53-78(131)132)22-16-94(46-71(117)118)17-23-102(31-39-106)54-79(133)134/h60-63H,6-58H2,1-5H3,(H,84,135)(H,85,136)(H,86,137)(H,87,109)(H,88,110)(H,89,111)(H,90,112)(H,113,114)(H,115,116)(H,117,118)(H,119,120)(H,121,122)(H,123,124)(H,125,126)(H,127,128)(H,129,130)(H,131,132)(H,133,134). The van der Waals surface area contributed by atoms with Gasteiger partial charge in [0.25, 0.3) is 0 Å². The van der Waals surface area contributed by atoms with E-state index in [2.05, 4.69) is 37.2 Å². The van der Waals surface area contributed by atoms with Gasteiger partial charge in [0.2, 0.25) is 41.4 Å². The first kappa shape index (κ1) is 118. The Morgan fingerprint density at radius 3 is 0.533 bits per heavy atom. The second-order valence-electron chi connectivity index (χ2n) is 34.9. The summed E-state index contributed by atoms with van der Waals surface area (Å²) in [4.78, 5) is 286. The number of hydrogen-bond donors (Lipinski definition) is 18. The molecule has 7 amide bonds. The zero-order chi connectivity index (χ0) is 102. The number of aliphatic carboxylic acids is 11. The summed E-state index contributed by atoms with van der Waals surface area (Å²) in [6, 6.07) is -4.36. The Labute approximate surface area is 794 Å².